The number of hydrogen-bond acceptors (Lipinski definition) is 2. The monoisotopic (exact) mass is 287 g/mol. The van der Waals surface area contributed by atoms with Crippen LogP contribution in [0.25, 0.3) is 0 Å². The van der Waals surface area contributed by atoms with Crippen LogP contribution in [0.2, 0.25) is 0 Å². The average molecular weight is 287 g/mol. The molecule has 1 fully saturated rings. The number of benzene rings is 1. The number of nitrogens with two attached hydrogens (primary N) is 1. The van der Waals surface area contributed by atoms with Gasteiger partial charge in [0, 0.05) is 0 Å². The molecule has 1 saturated carbocycles. The molecule has 0 spiro atoms. The van der Waals surface area contributed by atoms with E-state index in [1.54, 1.807) is 6.07 Å². The average Bonchev–Trinajstić information content (AvgIpc) is 2.35. The van der Waals surface area contributed by atoms with Gasteiger partial charge in [0.25, 0.3) is 0 Å². The van der Waals surface area contributed by atoms with Gasteiger partial charge in [0.15, 0.2) is 11.7 Å². The number of ether oxygens (including phenoxy) is 1. The Bertz CT molecular complexity index is 502. The van der Waals surface area contributed by atoms with E-state index in [0.29, 0.717) is 5.92 Å². The number of para-hydroxylation sites is 2. The molecule has 0 aliphatic heterocycles. The third kappa shape index (κ3) is 3.79. The van der Waals surface area contributed by atoms with Gasteiger partial charge in [0.2, 0.25) is 0 Å². The Hall–Kier alpha value is -1.92. The predicted molar refractivity (Wildman–Crippen MR) is 70.6 cm³/mol. The number of guanidine groups is 1. The van der Waals surface area contributed by atoms with E-state index in [4.69, 9.17) is 5.73 Å². The Morgan fingerprint density at radius 2 is 2.05 bits per heavy atom. The zero-order valence-electron chi connectivity index (χ0n) is 10.9. The van der Waals surface area contributed by atoms with E-state index in [1.807, 2.05) is 0 Å². The summed E-state index contributed by atoms with van der Waals surface area (Å²) in [7, 11) is 0. The molecule has 0 radical (unpaired) electrons. The summed E-state index contributed by atoms with van der Waals surface area (Å²) in [5.74, 6) is 0.219. The van der Waals surface area contributed by atoms with Crippen LogP contribution in [0.15, 0.2) is 29.3 Å². The molecule has 0 saturated heterocycles. The van der Waals surface area contributed by atoms with Gasteiger partial charge < -0.3 is 15.8 Å². The number of rotatable bonds is 3. The van der Waals surface area contributed by atoms with Crippen molar-refractivity contribution in [2.45, 2.75) is 32.2 Å². The molecule has 0 aromatic heterocycles. The first-order valence-electron chi connectivity index (χ1n) is 6.30. The van der Waals surface area contributed by atoms with Crippen molar-refractivity contribution in [3.8, 4) is 5.75 Å². The lowest BCUT2D eigenvalue weighted by Gasteiger charge is -2.30. The standard InChI is InChI=1S/C13H16F3N3O/c1-8-6-7-9(8)18-12(17)19-10-4-2-3-5-11(10)20-13(14,15)16/h2-5,8-9H,6-7H2,1H3,(H3,17,18,19). The number of aliphatic imine (C=N–C) groups is 1. The summed E-state index contributed by atoms with van der Waals surface area (Å²) in [5, 5.41) is 2.66. The van der Waals surface area contributed by atoms with E-state index in [0.717, 1.165) is 12.8 Å². The highest BCUT2D eigenvalue weighted by Crippen LogP contribution is 2.31. The fraction of sp³-hybridized carbons (Fsp3) is 0.462. The molecule has 1 aliphatic carbocycles. The van der Waals surface area contributed by atoms with Crippen LogP contribution < -0.4 is 15.8 Å². The second kappa shape index (κ2) is 5.60. The van der Waals surface area contributed by atoms with Crippen molar-refractivity contribution in [2.24, 2.45) is 16.6 Å². The van der Waals surface area contributed by atoms with Crippen LogP contribution in [0.4, 0.5) is 18.9 Å². The molecule has 110 valence electrons. The van der Waals surface area contributed by atoms with Crippen molar-refractivity contribution < 1.29 is 17.9 Å². The molecule has 4 nitrogen and oxygen atoms in total. The minimum atomic E-state index is -4.74. The van der Waals surface area contributed by atoms with Gasteiger partial charge in [0.05, 0.1) is 11.7 Å². The minimum Gasteiger partial charge on any atom is -0.404 e. The van der Waals surface area contributed by atoms with Crippen molar-refractivity contribution in [3.05, 3.63) is 24.3 Å². The lowest BCUT2D eigenvalue weighted by Crippen LogP contribution is -2.33. The van der Waals surface area contributed by atoms with Gasteiger partial charge in [0.1, 0.15) is 0 Å². The highest BCUT2D eigenvalue weighted by molar-refractivity contribution is 5.93. The van der Waals surface area contributed by atoms with Crippen molar-refractivity contribution >= 4 is 11.6 Å². The van der Waals surface area contributed by atoms with Gasteiger partial charge >= 0.3 is 6.36 Å². The van der Waals surface area contributed by atoms with Crippen LogP contribution in [0, 0.1) is 5.92 Å². The molecule has 2 unspecified atom stereocenters. The Morgan fingerprint density at radius 3 is 2.60 bits per heavy atom. The molecule has 1 aliphatic rings. The third-order valence-corrected chi connectivity index (χ3v) is 3.26. The minimum absolute atomic E-state index is 0.0970. The SMILES string of the molecule is CC1CCC1N=C(N)Nc1ccccc1OC(F)(F)F. The number of nitrogens with one attached hydrogen (secondary N) is 1. The van der Waals surface area contributed by atoms with Gasteiger partial charge in [-0.2, -0.15) is 0 Å². The summed E-state index contributed by atoms with van der Waals surface area (Å²) >= 11 is 0. The van der Waals surface area contributed by atoms with Crippen LogP contribution in [-0.2, 0) is 0 Å². The van der Waals surface area contributed by atoms with Gasteiger partial charge in [-0.25, -0.2) is 4.99 Å². The Kier molecular flexibility index (Phi) is 4.06. The molecular weight excluding hydrogens is 271 g/mol. The van der Waals surface area contributed by atoms with Crippen LogP contribution in [0.5, 0.6) is 5.75 Å². The van der Waals surface area contributed by atoms with Crippen LogP contribution in [0.1, 0.15) is 19.8 Å². The van der Waals surface area contributed by atoms with E-state index in [2.05, 4.69) is 22.0 Å². The molecule has 0 amide bonds. The molecule has 0 bridgehead atoms. The molecule has 7 heteroatoms. The first-order chi connectivity index (χ1) is 9.35. The van der Waals surface area contributed by atoms with Gasteiger partial charge in [-0.15, -0.1) is 13.2 Å². The van der Waals surface area contributed by atoms with Crippen molar-refractivity contribution in [2.75, 3.05) is 5.32 Å². The second-order valence-electron chi connectivity index (χ2n) is 4.81. The van der Waals surface area contributed by atoms with Crippen molar-refractivity contribution in [1.29, 1.82) is 0 Å². The van der Waals surface area contributed by atoms with E-state index < -0.39 is 6.36 Å². The zero-order valence-corrected chi connectivity index (χ0v) is 10.9. The first kappa shape index (κ1) is 14.5. The second-order valence-corrected chi connectivity index (χ2v) is 4.81. The van der Waals surface area contributed by atoms with Gasteiger partial charge in [-0.3, -0.25) is 0 Å². The third-order valence-electron chi connectivity index (χ3n) is 3.26. The molecule has 20 heavy (non-hydrogen) atoms. The summed E-state index contributed by atoms with van der Waals surface area (Å²) in [6.45, 7) is 2.06. The normalized spacial score (nSPS) is 23.1. The molecule has 2 rings (SSSR count). The zero-order chi connectivity index (χ0) is 14.8. The Balaban J connectivity index is 2.08. The maximum absolute atomic E-state index is 12.3. The van der Waals surface area contributed by atoms with E-state index in [1.165, 1.54) is 18.2 Å². The summed E-state index contributed by atoms with van der Waals surface area (Å²) in [4.78, 5) is 4.24. The number of alkyl halides is 3. The molecule has 1 aromatic rings. The van der Waals surface area contributed by atoms with Crippen molar-refractivity contribution in [1.82, 2.24) is 0 Å². The molecule has 2 atom stereocenters. The molecule has 0 heterocycles. The number of halogens is 3. The predicted octanol–water partition coefficient (Wildman–Crippen LogP) is 3.11. The maximum Gasteiger partial charge on any atom is 0.573 e. The maximum atomic E-state index is 12.3. The lowest BCUT2D eigenvalue weighted by molar-refractivity contribution is -0.274. The van der Waals surface area contributed by atoms with Gasteiger partial charge in [-0.05, 0) is 30.9 Å². The van der Waals surface area contributed by atoms with Gasteiger partial charge in [-0.1, -0.05) is 19.1 Å². The smallest absolute Gasteiger partial charge is 0.404 e. The quantitative estimate of drug-likeness (QED) is 0.663. The highest BCUT2D eigenvalue weighted by Gasteiger charge is 2.32. The number of anilines is 1. The van der Waals surface area contributed by atoms with E-state index in [-0.39, 0.29) is 23.4 Å². The highest BCUT2D eigenvalue weighted by atomic mass is 19.4. The fourth-order valence-electron chi connectivity index (χ4n) is 1.97. The van der Waals surface area contributed by atoms with Crippen LogP contribution in [-0.4, -0.2) is 18.4 Å². The van der Waals surface area contributed by atoms with E-state index in [9.17, 15) is 13.2 Å². The lowest BCUT2D eigenvalue weighted by atomic mass is 9.82. The summed E-state index contributed by atoms with van der Waals surface area (Å²) in [5.41, 5.74) is 5.85. The summed E-state index contributed by atoms with van der Waals surface area (Å²) in [6, 6.07) is 5.85. The Labute approximate surface area is 114 Å². The molecule has 1 aromatic carbocycles. The fourth-order valence-corrected chi connectivity index (χ4v) is 1.97. The van der Waals surface area contributed by atoms with Crippen LogP contribution in [0.3, 0.4) is 0 Å². The molecular formula is C13H16F3N3O. The number of nitrogens with zero attached hydrogens (tertiary/aromatic N) is 1. The van der Waals surface area contributed by atoms with Crippen molar-refractivity contribution in [3.63, 3.8) is 0 Å². The van der Waals surface area contributed by atoms with Crippen LogP contribution >= 0.6 is 0 Å². The Morgan fingerprint density at radius 1 is 1.35 bits per heavy atom. The first-order valence-corrected chi connectivity index (χ1v) is 6.30. The summed E-state index contributed by atoms with van der Waals surface area (Å²) < 4.78 is 40.7. The molecule has 3 N–H and O–H groups in total. The topological polar surface area (TPSA) is 59.6 Å². The largest absolute Gasteiger partial charge is 0.573 e. The summed E-state index contributed by atoms with van der Waals surface area (Å²) in [6.07, 6.45) is -2.70. The van der Waals surface area contributed by atoms with E-state index >= 15 is 0 Å². The number of hydrogen-bond donors (Lipinski definition) is 2.